The summed E-state index contributed by atoms with van der Waals surface area (Å²) in [6.07, 6.45) is 9.68. The second-order valence-corrected chi connectivity index (χ2v) is 10.4. The van der Waals surface area contributed by atoms with Crippen molar-refractivity contribution in [2.24, 2.45) is 5.92 Å². The number of carbonyl (C=O) groups is 2. The van der Waals surface area contributed by atoms with Crippen molar-refractivity contribution < 1.29 is 18.8 Å². The van der Waals surface area contributed by atoms with E-state index in [9.17, 15) is 9.59 Å². The molecule has 1 saturated carbocycles. The highest BCUT2D eigenvalue weighted by molar-refractivity contribution is 5.90. The number of esters is 1. The lowest BCUT2D eigenvalue weighted by molar-refractivity contribution is -0.155. The van der Waals surface area contributed by atoms with Gasteiger partial charge in [-0.1, -0.05) is 50.1 Å². The molecule has 0 aliphatic heterocycles. The normalized spacial score (nSPS) is 16.2. The number of hydrogen-bond donors (Lipinski definition) is 0. The SMILES string of the molecule is CN(C)CCN(C)C(=O)c1noc(C(CCCC2CCCCC2)CC(=O)OC(C)(C)C)n1. The first-order chi connectivity index (χ1) is 15.0. The van der Waals surface area contributed by atoms with Crippen molar-refractivity contribution in [2.75, 3.05) is 34.2 Å². The summed E-state index contributed by atoms with van der Waals surface area (Å²) < 4.78 is 11.0. The molecule has 1 aromatic heterocycles. The molecule has 1 heterocycles. The van der Waals surface area contributed by atoms with Gasteiger partial charge in [-0.25, -0.2) is 0 Å². The number of likely N-dealkylation sites (N-methyl/N-ethyl adjacent to an activating group) is 2. The smallest absolute Gasteiger partial charge is 0.307 e. The van der Waals surface area contributed by atoms with Gasteiger partial charge in [-0.05, 0) is 47.2 Å². The Morgan fingerprint density at radius 1 is 1.12 bits per heavy atom. The van der Waals surface area contributed by atoms with Gasteiger partial charge in [0.25, 0.3) is 11.7 Å². The van der Waals surface area contributed by atoms with E-state index in [0.717, 1.165) is 31.7 Å². The van der Waals surface area contributed by atoms with Crippen molar-refractivity contribution in [3.8, 4) is 0 Å². The molecular formula is C24H42N4O4. The van der Waals surface area contributed by atoms with Crippen molar-refractivity contribution >= 4 is 11.9 Å². The van der Waals surface area contributed by atoms with E-state index in [1.807, 2.05) is 39.8 Å². The van der Waals surface area contributed by atoms with E-state index in [0.29, 0.717) is 12.4 Å². The molecule has 0 spiro atoms. The van der Waals surface area contributed by atoms with E-state index < -0.39 is 5.60 Å². The van der Waals surface area contributed by atoms with Crippen LogP contribution in [0.5, 0.6) is 0 Å². The number of amides is 1. The molecule has 1 aliphatic rings. The third kappa shape index (κ3) is 9.27. The van der Waals surface area contributed by atoms with Gasteiger partial charge in [-0.15, -0.1) is 0 Å². The summed E-state index contributed by atoms with van der Waals surface area (Å²) in [5.74, 6) is 0.367. The van der Waals surface area contributed by atoms with Gasteiger partial charge >= 0.3 is 5.97 Å². The maximum atomic E-state index is 12.7. The number of ether oxygens (including phenoxy) is 1. The molecule has 0 N–H and O–H groups in total. The van der Waals surface area contributed by atoms with E-state index in [2.05, 4.69) is 10.1 Å². The Morgan fingerprint density at radius 3 is 2.44 bits per heavy atom. The van der Waals surface area contributed by atoms with Gasteiger partial charge in [0.05, 0.1) is 6.42 Å². The molecule has 8 heteroatoms. The molecule has 0 aromatic carbocycles. The number of carbonyl (C=O) groups excluding carboxylic acids is 2. The van der Waals surface area contributed by atoms with Gasteiger partial charge in [-0.2, -0.15) is 4.98 Å². The first-order valence-corrected chi connectivity index (χ1v) is 12.0. The van der Waals surface area contributed by atoms with Gasteiger partial charge in [0.2, 0.25) is 5.89 Å². The van der Waals surface area contributed by atoms with Crippen LogP contribution in [0, 0.1) is 5.92 Å². The summed E-state index contributed by atoms with van der Waals surface area (Å²) in [5, 5.41) is 3.92. The number of aromatic nitrogens is 2. The Kier molecular flexibility index (Phi) is 10.1. The van der Waals surface area contributed by atoms with Crippen molar-refractivity contribution in [3.05, 3.63) is 11.7 Å². The molecule has 2 rings (SSSR count). The summed E-state index contributed by atoms with van der Waals surface area (Å²) in [6.45, 7) is 6.88. The van der Waals surface area contributed by atoms with Crippen molar-refractivity contribution in [1.29, 1.82) is 0 Å². The van der Waals surface area contributed by atoms with E-state index >= 15 is 0 Å². The summed E-state index contributed by atoms with van der Waals surface area (Å²) >= 11 is 0. The molecule has 0 saturated heterocycles. The maximum absolute atomic E-state index is 12.7. The fourth-order valence-electron chi connectivity index (χ4n) is 4.14. The molecular weight excluding hydrogens is 408 g/mol. The summed E-state index contributed by atoms with van der Waals surface area (Å²) in [4.78, 5) is 33.1. The largest absolute Gasteiger partial charge is 0.460 e. The quantitative estimate of drug-likeness (QED) is 0.465. The number of hydrogen-bond acceptors (Lipinski definition) is 7. The topological polar surface area (TPSA) is 88.8 Å². The van der Waals surface area contributed by atoms with Crippen LogP contribution in [0.25, 0.3) is 0 Å². The van der Waals surface area contributed by atoms with E-state index in [4.69, 9.17) is 9.26 Å². The lowest BCUT2D eigenvalue weighted by atomic mass is 9.84. The fourth-order valence-corrected chi connectivity index (χ4v) is 4.14. The summed E-state index contributed by atoms with van der Waals surface area (Å²) in [5.41, 5.74) is -0.547. The highest BCUT2D eigenvalue weighted by Crippen LogP contribution is 2.31. The van der Waals surface area contributed by atoms with Crippen molar-refractivity contribution in [2.45, 2.75) is 90.1 Å². The fraction of sp³-hybridized carbons (Fsp3) is 0.833. The van der Waals surface area contributed by atoms with Gasteiger partial charge in [0.15, 0.2) is 0 Å². The van der Waals surface area contributed by atoms with Crippen LogP contribution in [-0.4, -0.2) is 71.7 Å². The minimum atomic E-state index is -0.547. The second-order valence-electron chi connectivity index (χ2n) is 10.4. The van der Waals surface area contributed by atoms with Crippen LogP contribution in [0.3, 0.4) is 0 Å². The Labute approximate surface area is 193 Å². The molecule has 8 nitrogen and oxygen atoms in total. The first kappa shape index (κ1) is 26.3. The van der Waals surface area contributed by atoms with Crippen molar-refractivity contribution in [3.63, 3.8) is 0 Å². The van der Waals surface area contributed by atoms with Gasteiger partial charge in [0, 0.05) is 26.1 Å². The summed E-state index contributed by atoms with van der Waals surface area (Å²) in [6, 6.07) is 0. The van der Waals surface area contributed by atoms with Crippen LogP contribution in [0.2, 0.25) is 0 Å². The maximum Gasteiger partial charge on any atom is 0.307 e. The van der Waals surface area contributed by atoms with Crippen molar-refractivity contribution in [1.82, 2.24) is 19.9 Å². The average molecular weight is 451 g/mol. The molecule has 0 bridgehead atoms. The van der Waals surface area contributed by atoms with Gasteiger partial charge < -0.3 is 19.1 Å². The molecule has 1 unspecified atom stereocenters. The average Bonchev–Trinajstić information content (AvgIpc) is 3.20. The zero-order valence-corrected chi connectivity index (χ0v) is 20.9. The predicted molar refractivity (Wildman–Crippen MR) is 123 cm³/mol. The molecule has 182 valence electrons. The zero-order chi connectivity index (χ0) is 23.7. The first-order valence-electron chi connectivity index (χ1n) is 12.0. The Morgan fingerprint density at radius 2 is 1.81 bits per heavy atom. The Hall–Kier alpha value is -1.96. The lowest BCUT2D eigenvalue weighted by Crippen LogP contribution is -2.34. The lowest BCUT2D eigenvalue weighted by Gasteiger charge is -2.23. The van der Waals surface area contributed by atoms with E-state index in [1.54, 1.807) is 11.9 Å². The Bertz CT molecular complexity index is 720. The van der Waals surface area contributed by atoms with Crippen LogP contribution in [-0.2, 0) is 9.53 Å². The third-order valence-corrected chi connectivity index (χ3v) is 5.93. The van der Waals surface area contributed by atoms with Crippen LogP contribution in [0.4, 0.5) is 0 Å². The molecule has 1 aromatic rings. The van der Waals surface area contributed by atoms with E-state index in [1.165, 1.54) is 32.1 Å². The number of rotatable bonds is 11. The Balaban J connectivity index is 2.03. The van der Waals surface area contributed by atoms with E-state index in [-0.39, 0.29) is 30.0 Å². The minimum Gasteiger partial charge on any atom is -0.460 e. The molecule has 1 atom stereocenters. The standard InChI is InChI=1S/C24H42N4O4/c1-24(2,3)31-20(29)17-19(14-10-13-18-11-8-7-9-12-18)22-25-21(26-32-22)23(30)28(6)16-15-27(4)5/h18-19H,7-17H2,1-6H3. The predicted octanol–water partition coefficient (Wildman–Crippen LogP) is 4.27. The molecule has 1 aliphatic carbocycles. The van der Waals surface area contributed by atoms with Crippen LogP contribution in [0.15, 0.2) is 4.52 Å². The highest BCUT2D eigenvalue weighted by atomic mass is 16.6. The molecule has 1 amide bonds. The third-order valence-electron chi connectivity index (χ3n) is 5.93. The van der Waals surface area contributed by atoms with Gasteiger partial charge in [0.1, 0.15) is 5.60 Å². The second kappa shape index (κ2) is 12.3. The number of nitrogens with zero attached hydrogens (tertiary/aromatic N) is 4. The zero-order valence-electron chi connectivity index (χ0n) is 20.9. The minimum absolute atomic E-state index is 0.0442. The van der Waals surface area contributed by atoms with Gasteiger partial charge in [-0.3, -0.25) is 9.59 Å². The molecule has 0 radical (unpaired) electrons. The molecule has 1 fully saturated rings. The highest BCUT2D eigenvalue weighted by Gasteiger charge is 2.28. The van der Waals surface area contributed by atoms with Crippen LogP contribution in [0.1, 0.15) is 101 Å². The monoisotopic (exact) mass is 450 g/mol. The molecule has 32 heavy (non-hydrogen) atoms. The van der Waals surface area contributed by atoms with Crippen LogP contribution < -0.4 is 0 Å². The summed E-state index contributed by atoms with van der Waals surface area (Å²) in [7, 11) is 5.64. The van der Waals surface area contributed by atoms with Crippen LogP contribution >= 0.6 is 0 Å².